The molecule has 1 fully saturated rings. The molecule has 114 valence electrons. The number of rotatable bonds is 2. The second-order valence-corrected chi connectivity index (χ2v) is 5.03. The second kappa shape index (κ2) is 5.70. The van der Waals surface area contributed by atoms with Crippen LogP contribution < -0.4 is 5.43 Å². The van der Waals surface area contributed by atoms with E-state index in [0.29, 0.717) is 32.0 Å². The molecule has 2 amide bonds. The first-order chi connectivity index (χ1) is 10.1. The molecule has 1 unspecified atom stereocenters. The van der Waals surface area contributed by atoms with E-state index in [1.807, 2.05) is 0 Å². The summed E-state index contributed by atoms with van der Waals surface area (Å²) in [6.45, 7) is 2.49. The number of urea groups is 1. The smallest absolute Gasteiger partial charge is 0.333 e. The highest BCUT2D eigenvalue weighted by Gasteiger charge is 2.36. The maximum atomic E-state index is 12.3. The third-order valence-corrected chi connectivity index (χ3v) is 3.71. The summed E-state index contributed by atoms with van der Waals surface area (Å²) in [6.07, 6.45) is 1.73. The zero-order valence-corrected chi connectivity index (χ0v) is 11.4. The Kier molecular flexibility index (Phi) is 3.76. The number of carboxylic acids is 1. The summed E-state index contributed by atoms with van der Waals surface area (Å²) >= 11 is 0. The van der Waals surface area contributed by atoms with Crippen molar-refractivity contribution in [3.05, 3.63) is 17.7 Å². The average Bonchev–Trinajstić information content (AvgIpc) is 2.94. The Labute approximate surface area is 120 Å². The van der Waals surface area contributed by atoms with Gasteiger partial charge in [-0.2, -0.15) is 0 Å². The monoisotopic (exact) mass is 295 g/mol. The van der Waals surface area contributed by atoms with Crippen LogP contribution in [0, 0.1) is 0 Å². The molecule has 0 spiro atoms. The van der Waals surface area contributed by atoms with Gasteiger partial charge >= 0.3 is 12.0 Å². The molecule has 1 aromatic heterocycles. The summed E-state index contributed by atoms with van der Waals surface area (Å²) < 4.78 is 5.21. The third-order valence-electron chi connectivity index (χ3n) is 3.71. The van der Waals surface area contributed by atoms with E-state index >= 15 is 0 Å². The molecule has 2 aliphatic heterocycles. The van der Waals surface area contributed by atoms with Crippen LogP contribution in [0.15, 0.2) is 6.33 Å². The van der Waals surface area contributed by atoms with Crippen molar-refractivity contribution in [3.8, 4) is 0 Å². The molecule has 21 heavy (non-hydrogen) atoms. The van der Waals surface area contributed by atoms with Crippen LogP contribution in [0.1, 0.15) is 11.4 Å². The number of aliphatic carboxylic acids is 1. The highest BCUT2D eigenvalue weighted by molar-refractivity contribution is 5.83. The van der Waals surface area contributed by atoms with E-state index in [0.717, 1.165) is 5.69 Å². The van der Waals surface area contributed by atoms with Gasteiger partial charge < -0.3 is 19.7 Å². The van der Waals surface area contributed by atoms with Gasteiger partial charge in [0.1, 0.15) is 6.04 Å². The van der Waals surface area contributed by atoms with Crippen molar-refractivity contribution in [1.82, 2.24) is 25.3 Å². The van der Waals surface area contributed by atoms with Gasteiger partial charge in [0.05, 0.1) is 37.5 Å². The number of ether oxygens (including phenoxy) is 1. The number of carbonyl (C=O) groups is 2. The van der Waals surface area contributed by atoms with Gasteiger partial charge in [-0.05, 0) is 0 Å². The topological polar surface area (TPSA) is 111 Å². The number of fused-ring (bicyclic) bond motifs is 1. The minimum atomic E-state index is -1.03. The lowest BCUT2D eigenvalue weighted by atomic mass is 10.0. The summed E-state index contributed by atoms with van der Waals surface area (Å²) in [4.78, 5) is 32.1. The third kappa shape index (κ3) is 2.83. The molecule has 1 atom stereocenters. The Bertz CT molecular complexity index is 540. The van der Waals surface area contributed by atoms with E-state index in [1.54, 1.807) is 5.01 Å². The van der Waals surface area contributed by atoms with Crippen molar-refractivity contribution in [3.63, 3.8) is 0 Å². The SMILES string of the molecule is O=C(O)C1Cc2nc[nH]c2CN1C(=O)NN1CCOCC1. The van der Waals surface area contributed by atoms with Crippen LogP contribution in [-0.4, -0.2) is 69.3 Å². The molecule has 3 N–H and O–H groups in total. The van der Waals surface area contributed by atoms with Crippen molar-refractivity contribution in [1.29, 1.82) is 0 Å². The van der Waals surface area contributed by atoms with Crippen LogP contribution in [0.25, 0.3) is 0 Å². The maximum Gasteiger partial charge on any atom is 0.333 e. The van der Waals surface area contributed by atoms with Gasteiger partial charge in [0, 0.05) is 19.5 Å². The first-order valence-corrected chi connectivity index (χ1v) is 6.79. The maximum absolute atomic E-state index is 12.3. The summed E-state index contributed by atoms with van der Waals surface area (Å²) in [6, 6.07) is -1.31. The number of nitrogens with zero attached hydrogens (tertiary/aromatic N) is 3. The lowest BCUT2D eigenvalue weighted by Gasteiger charge is -2.35. The van der Waals surface area contributed by atoms with Crippen LogP contribution >= 0.6 is 0 Å². The minimum absolute atomic E-state index is 0.211. The van der Waals surface area contributed by atoms with Crippen LogP contribution in [0.2, 0.25) is 0 Å². The highest BCUT2D eigenvalue weighted by atomic mass is 16.5. The van der Waals surface area contributed by atoms with Crippen LogP contribution in [0.3, 0.4) is 0 Å². The van der Waals surface area contributed by atoms with Crippen LogP contribution in [0.5, 0.6) is 0 Å². The zero-order chi connectivity index (χ0) is 14.8. The van der Waals surface area contributed by atoms with Crippen LogP contribution in [-0.2, 0) is 22.5 Å². The standard InChI is InChI=1S/C12H17N5O4/c18-11(19)10-5-8-9(14-7-13-8)6-17(10)12(20)15-16-1-3-21-4-2-16/h7,10H,1-6H2,(H,13,14)(H,15,20)(H,18,19). The molecule has 0 aromatic carbocycles. The summed E-state index contributed by atoms with van der Waals surface area (Å²) in [7, 11) is 0. The number of hydrogen-bond acceptors (Lipinski definition) is 5. The number of nitrogens with one attached hydrogen (secondary N) is 2. The molecule has 1 saturated heterocycles. The van der Waals surface area contributed by atoms with E-state index in [4.69, 9.17) is 4.74 Å². The van der Waals surface area contributed by atoms with Gasteiger partial charge in [0.2, 0.25) is 0 Å². The van der Waals surface area contributed by atoms with E-state index in [-0.39, 0.29) is 13.0 Å². The van der Waals surface area contributed by atoms with Crippen molar-refractivity contribution >= 4 is 12.0 Å². The molecule has 0 aliphatic carbocycles. The van der Waals surface area contributed by atoms with Crippen LogP contribution in [0.4, 0.5) is 4.79 Å². The first-order valence-electron chi connectivity index (χ1n) is 6.79. The molecule has 0 saturated carbocycles. The molecule has 3 heterocycles. The summed E-state index contributed by atoms with van der Waals surface area (Å²) in [5, 5.41) is 11.1. The molecule has 9 nitrogen and oxygen atoms in total. The molecular weight excluding hydrogens is 278 g/mol. The number of hydrazine groups is 1. The van der Waals surface area contributed by atoms with E-state index in [2.05, 4.69) is 15.4 Å². The number of amides is 2. The second-order valence-electron chi connectivity index (χ2n) is 5.03. The number of aromatic nitrogens is 2. The number of carboxylic acid groups (broad SMARTS) is 1. The Balaban J connectivity index is 1.72. The number of morpholine rings is 1. The average molecular weight is 295 g/mol. The van der Waals surface area contributed by atoms with Gasteiger partial charge in [-0.25, -0.2) is 19.6 Å². The summed E-state index contributed by atoms with van der Waals surface area (Å²) in [5.74, 6) is -1.03. The predicted molar refractivity (Wildman–Crippen MR) is 70.2 cm³/mol. The normalized spacial score (nSPS) is 22.7. The van der Waals surface area contributed by atoms with E-state index in [1.165, 1.54) is 11.2 Å². The van der Waals surface area contributed by atoms with Crippen molar-refractivity contribution < 1.29 is 19.4 Å². The van der Waals surface area contributed by atoms with Crippen molar-refractivity contribution in [2.75, 3.05) is 26.3 Å². The minimum Gasteiger partial charge on any atom is -0.480 e. The number of aromatic amines is 1. The Morgan fingerprint density at radius 3 is 2.90 bits per heavy atom. The van der Waals surface area contributed by atoms with Gasteiger partial charge in [-0.1, -0.05) is 0 Å². The summed E-state index contributed by atoms with van der Waals surface area (Å²) in [5.41, 5.74) is 4.23. The molecule has 3 rings (SSSR count). The molecule has 1 aromatic rings. The van der Waals surface area contributed by atoms with E-state index < -0.39 is 18.0 Å². The fourth-order valence-corrected chi connectivity index (χ4v) is 2.54. The number of carbonyl (C=O) groups excluding carboxylic acids is 1. The fourth-order valence-electron chi connectivity index (χ4n) is 2.54. The quantitative estimate of drug-likeness (QED) is 0.657. The Morgan fingerprint density at radius 2 is 2.19 bits per heavy atom. The number of imidazole rings is 1. The van der Waals surface area contributed by atoms with Crippen molar-refractivity contribution in [2.24, 2.45) is 0 Å². The number of hydrogen-bond donors (Lipinski definition) is 3. The lowest BCUT2D eigenvalue weighted by Crippen LogP contribution is -2.57. The fraction of sp³-hybridized carbons (Fsp3) is 0.583. The van der Waals surface area contributed by atoms with Gasteiger partial charge in [0.25, 0.3) is 0 Å². The number of H-pyrrole nitrogens is 1. The predicted octanol–water partition coefficient (Wildman–Crippen LogP) is -0.822. The van der Waals surface area contributed by atoms with Gasteiger partial charge in [-0.15, -0.1) is 0 Å². The molecule has 2 aliphatic rings. The molecule has 0 radical (unpaired) electrons. The van der Waals surface area contributed by atoms with Gasteiger partial charge in [-0.3, -0.25) is 5.43 Å². The van der Waals surface area contributed by atoms with Gasteiger partial charge in [0.15, 0.2) is 0 Å². The first kappa shape index (κ1) is 13.8. The molecular formula is C12H17N5O4. The Hall–Kier alpha value is -2.13. The van der Waals surface area contributed by atoms with Crippen molar-refractivity contribution in [2.45, 2.75) is 19.0 Å². The largest absolute Gasteiger partial charge is 0.480 e. The zero-order valence-electron chi connectivity index (χ0n) is 11.4. The Morgan fingerprint density at radius 1 is 1.43 bits per heavy atom. The van der Waals surface area contributed by atoms with E-state index in [9.17, 15) is 14.7 Å². The lowest BCUT2D eigenvalue weighted by molar-refractivity contribution is -0.142. The molecule has 9 heteroatoms. The molecule has 0 bridgehead atoms. The highest BCUT2D eigenvalue weighted by Crippen LogP contribution is 2.20.